The van der Waals surface area contributed by atoms with Crippen LogP contribution in [0.3, 0.4) is 0 Å². The summed E-state index contributed by atoms with van der Waals surface area (Å²) in [6.45, 7) is 1.64. The highest BCUT2D eigenvalue weighted by Crippen LogP contribution is 2.11. The molecule has 1 atom stereocenters. The summed E-state index contributed by atoms with van der Waals surface area (Å²) in [7, 11) is 0. The number of hydrogen-bond donors (Lipinski definition) is 1. The van der Waals surface area contributed by atoms with Gasteiger partial charge in [-0.1, -0.05) is 6.07 Å². The minimum absolute atomic E-state index is 0.182. The Bertz CT molecular complexity index is 350. The lowest BCUT2D eigenvalue weighted by molar-refractivity contribution is 0.0935. The first-order valence-electron chi connectivity index (χ1n) is 4.37. The molecule has 0 heterocycles. The molecule has 0 aliphatic carbocycles. The highest BCUT2D eigenvalue weighted by molar-refractivity contribution is 6.18. The van der Waals surface area contributed by atoms with Crippen LogP contribution in [0.25, 0.3) is 0 Å². The van der Waals surface area contributed by atoms with Crippen molar-refractivity contribution in [1.29, 1.82) is 0 Å². The van der Waals surface area contributed by atoms with Gasteiger partial charge < -0.3 is 5.32 Å². The molecule has 0 spiro atoms. The van der Waals surface area contributed by atoms with Crippen LogP contribution in [0.15, 0.2) is 18.2 Å². The van der Waals surface area contributed by atoms with Gasteiger partial charge in [0.15, 0.2) is 0 Å². The van der Waals surface area contributed by atoms with Gasteiger partial charge in [0.25, 0.3) is 5.91 Å². The molecule has 15 heavy (non-hydrogen) atoms. The second-order valence-corrected chi connectivity index (χ2v) is 3.43. The maximum absolute atomic E-state index is 13.1. The molecule has 1 rings (SSSR count). The average molecular weight is 234 g/mol. The number of hydrogen-bond acceptors (Lipinski definition) is 1. The number of amides is 1. The van der Waals surface area contributed by atoms with Gasteiger partial charge in [-0.05, 0) is 19.1 Å². The quantitative estimate of drug-likeness (QED) is 0.798. The molecule has 0 radical (unpaired) electrons. The lowest BCUT2D eigenvalue weighted by Crippen LogP contribution is -2.34. The molecular weight excluding hydrogens is 224 g/mol. The number of nitrogens with one attached hydrogen (secondary N) is 1. The Labute approximate surface area is 91.2 Å². The molecule has 82 valence electrons. The predicted molar refractivity (Wildman–Crippen MR) is 54.0 cm³/mol. The van der Waals surface area contributed by atoms with E-state index in [1.165, 1.54) is 6.07 Å². The average Bonchev–Trinajstić information content (AvgIpc) is 2.17. The van der Waals surface area contributed by atoms with Crippen LogP contribution in [0.1, 0.15) is 17.3 Å². The van der Waals surface area contributed by atoms with Crippen molar-refractivity contribution in [3.63, 3.8) is 0 Å². The molecule has 0 aliphatic heterocycles. The molecule has 0 saturated heterocycles. The zero-order valence-electron chi connectivity index (χ0n) is 8.06. The zero-order valence-corrected chi connectivity index (χ0v) is 8.81. The molecule has 1 amide bonds. The Morgan fingerprint density at radius 2 is 2.00 bits per heavy atom. The molecule has 1 N–H and O–H groups in total. The number of alkyl halides is 1. The van der Waals surface area contributed by atoms with Gasteiger partial charge in [0.05, 0.1) is 0 Å². The van der Waals surface area contributed by atoms with Crippen molar-refractivity contribution < 1.29 is 13.6 Å². The van der Waals surface area contributed by atoms with E-state index in [-0.39, 0.29) is 11.9 Å². The van der Waals surface area contributed by atoms with E-state index in [1.54, 1.807) is 6.92 Å². The van der Waals surface area contributed by atoms with Crippen molar-refractivity contribution in [2.24, 2.45) is 0 Å². The van der Waals surface area contributed by atoms with Gasteiger partial charge in [-0.3, -0.25) is 4.79 Å². The van der Waals surface area contributed by atoms with Crippen molar-refractivity contribution in [2.75, 3.05) is 5.88 Å². The van der Waals surface area contributed by atoms with Crippen LogP contribution in [0.4, 0.5) is 8.78 Å². The van der Waals surface area contributed by atoms with Crippen molar-refractivity contribution >= 4 is 17.5 Å². The maximum atomic E-state index is 13.1. The van der Waals surface area contributed by atoms with Crippen LogP contribution in [0, 0.1) is 11.6 Å². The number of rotatable bonds is 3. The van der Waals surface area contributed by atoms with E-state index in [9.17, 15) is 13.6 Å². The SMILES string of the molecule is CC(CCl)NC(=O)c1c(F)cccc1F. The third-order valence-corrected chi connectivity index (χ3v) is 2.26. The topological polar surface area (TPSA) is 29.1 Å². The van der Waals surface area contributed by atoms with Crippen molar-refractivity contribution in [3.8, 4) is 0 Å². The minimum Gasteiger partial charge on any atom is -0.348 e. The Morgan fingerprint density at radius 3 is 2.47 bits per heavy atom. The summed E-state index contributed by atoms with van der Waals surface area (Å²) < 4.78 is 26.2. The standard InChI is InChI=1S/C10H10ClF2NO/c1-6(5-11)14-10(15)9-7(12)3-2-4-8(9)13/h2-4,6H,5H2,1H3,(H,14,15). The number of benzene rings is 1. The lowest BCUT2D eigenvalue weighted by Gasteiger charge is -2.11. The molecular formula is C10H10ClF2NO. The van der Waals surface area contributed by atoms with E-state index < -0.39 is 23.1 Å². The molecule has 0 saturated carbocycles. The van der Waals surface area contributed by atoms with E-state index in [4.69, 9.17) is 11.6 Å². The van der Waals surface area contributed by atoms with Crippen LogP contribution >= 0.6 is 11.6 Å². The molecule has 0 fully saturated rings. The van der Waals surface area contributed by atoms with E-state index in [1.807, 2.05) is 0 Å². The highest BCUT2D eigenvalue weighted by atomic mass is 35.5. The molecule has 0 aromatic heterocycles. The summed E-state index contributed by atoms with van der Waals surface area (Å²) in [5.41, 5.74) is -0.575. The van der Waals surface area contributed by atoms with Crippen LogP contribution in [0.5, 0.6) is 0 Å². The van der Waals surface area contributed by atoms with Crippen LogP contribution in [-0.4, -0.2) is 17.8 Å². The van der Waals surface area contributed by atoms with Crippen LogP contribution in [0.2, 0.25) is 0 Å². The van der Waals surface area contributed by atoms with Gasteiger partial charge in [0.2, 0.25) is 0 Å². The van der Waals surface area contributed by atoms with Gasteiger partial charge in [0.1, 0.15) is 17.2 Å². The third-order valence-electron chi connectivity index (χ3n) is 1.80. The lowest BCUT2D eigenvalue weighted by atomic mass is 10.1. The number of halogens is 3. The molecule has 2 nitrogen and oxygen atoms in total. The maximum Gasteiger partial charge on any atom is 0.257 e. The summed E-state index contributed by atoms with van der Waals surface area (Å²) in [5.74, 6) is -2.37. The second kappa shape index (κ2) is 5.07. The van der Waals surface area contributed by atoms with Gasteiger partial charge in [0, 0.05) is 11.9 Å². The molecule has 5 heteroatoms. The van der Waals surface area contributed by atoms with Crippen LogP contribution < -0.4 is 5.32 Å². The van der Waals surface area contributed by atoms with Gasteiger partial charge in [-0.2, -0.15) is 0 Å². The second-order valence-electron chi connectivity index (χ2n) is 3.13. The van der Waals surface area contributed by atoms with E-state index in [2.05, 4.69) is 5.32 Å². The molecule has 0 bridgehead atoms. The fourth-order valence-electron chi connectivity index (χ4n) is 1.05. The molecule has 1 unspecified atom stereocenters. The Morgan fingerprint density at radius 1 is 1.47 bits per heavy atom. The number of carbonyl (C=O) groups is 1. The summed E-state index contributed by atoms with van der Waals surface area (Å²) >= 11 is 5.46. The first-order chi connectivity index (χ1) is 7.06. The molecule has 1 aromatic carbocycles. The predicted octanol–water partition coefficient (Wildman–Crippen LogP) is 2.32. The zero-order chi connectivity index (χ0) is 11.4. The summed E-state index contributed by atoms with van der Waals surface area (Å²) in [4.78, 5) is 11.4. The molecule has 0 aliphatic rings. The Balaban J connectivity index is 2.91. The van der Waals surface area contributed by atoms with Crippen molar-refractivity contribution in [2.45, 2.75) is 13.0 Å². The van der Waals surface area contributed by atoms with E-state index in [0.717, 1.165) is 12.1 Å². The van der Waals surface area contributed by atoms with Crippen molar-refractivity contribution in [3.05, 3.63) is 35.4 Å². The normalized spacial score (nSPS) is 12.3. The fraction of sp³-hybridized carbons (Fsp3) is 0.300. The molecule has 1 aromatic rings. The minimum atomic E-state index is -0.880. The first kappa shape index (κ1) is 11.9. The summed E-state index contributed by atoms with van der Waals surface area (Å²) in [6, 6.07) is 2.93. The third kappa shape index (κ3) is 2.89. The monoisotopic (exact) mass is 233 g/mol. The first-order valence-corrected chi connectivity index (χ1v) is 4.90. The largest absolute Gasteiger partial charge is 0.348 e. The van der Waals surface area contributed by atoms with E-state index in [0.29, 0.717) is 0 Å². The summed E-state index contributed by atoms with van der Waals surface area (Å²) in [6.07, 6.45) is 0. The summed E-state index contributed by atoms with van der Waals surface area (Å²) in [5, 5.41) is 2.38. The Hall–Kier alpha value is -1.16. The highest BCUT2D eigenvalue weighted by Gasteiger charge is 2.17. The smallest absolute Gasteiger partial charge is 0.257 e. The van der Waals surface area contributed by atoms with E-state index >= 15 is 0 Å². The van der Waals surface area contributed by atoms with Gasteiger partial charge in [-0.25, -0.2) is 8.78 Å². The fourth-order valence-corrected chi connectivity index (χ4v) is 1.13. The van der Waals surface area contributed by atoms with Crippen molar-refractivity contribution in [1.82, 2.24) is 5.32 Å². The van der Waals surface area contributed by atoms with Crippen LogP contribution in [-0.2, 0) is 0 Å². The number of carbonyl (C=O) groups excluding carboxylic acids is 1. The van der Waals surface area contributed by atoms with Gasteiger partial charge in [-0.15, -0.1) is 11.6 Å². The van der Waals surface area contributed by atoms with Gasteiger partial charge >= 0.3 is 0 Å². The Kier molecular flexibility index (Phi) is 4.03.